The molecular formula is C10H18N2O3. The van der Waals surface area contributed by atoms with Gasteiger partial charge in [0, 0.05) is 12.5 Å². The highest BCUT2D eigenvalue weighted by atomic mass is 16.4. The maximum atomic E-state index is 11.4. The Morgan fingerprint density at radius 2 is 2.27 bits per heavy atom. The Morgan fingerprint density at radius 1 is 1.60 bits per heavy atom. The summed E-state index contributed by atoms with van der Waals surface area (Å²) in [4.78, 5) is 21.7. The van der Waals surface area contributed by atoms with Crippen molar-refractivity contribution in [1.29, 1.82) is 0 Å². The second kappa shape index (κ2) is 5.11. The van der Waals surface area contributed by atoms with Crippen molar-refractivity contribution >= 4 is 11.9 Å². The highest BCUT2D eigenvalue weighted by Crippen LogP contribution is 2.33. The molecule has 0 heterocycles. The minimum atomic E-state index is -0.920. The molecule has 3 unspecified atom stereocenters. The van der Waals surface area contributed by atoms with Gasteiger partial charge in [0.05, 0.1) is 6.04 Å². The Hall–Kier alpha value is -1.10. The van der Waals surface area contributed by atoms with Crippen LogP contribution in [0.5, 0.6) is 0 Å². The first kappa shape index (κ1) is 12.0. The summed E-state index contributed by atoms with van der Waals surface area (Å²) in [6.45, 7) is 2.08. The summed E-state index contributed by atoms with van der Waals surface area (Å²) in [7, 11) is 0. The summed E-state index contributed by atoms with van der Waals surface area (Å²) in [5.74, 6) is -0.561. The summed E-state index contributed by atoms with van der Waals surface area (Å²) in [6, 6.07) is -0.433. The SMILES string of the molecule is CCC1CC1NC(=O)C(N)CCC(=O)O. The third-order valence-electron chi connectivity index (χ3n) is 2.78. The number of carbonyl (C=O) groups is 2. The second-order valence-corrected chi connectivity index (χ2v) is 4.06. The zero-order valence-electron chi connectivity index (χ0n) is 8.90. The van der Waals surface area contributed by atoms with Crippen LogP contribution in [0.25, 0.3) is 0 Å². The fourth-order valence-corrected chi connectivity index (χ4v) is 1.58. The van der Waals surface area contributed by atoms with E-state index in [4.69, 9.17) is 10.8 Å². The van der Waals surface area contributed by atoms with Crippen LogP contribution in [0.2, 0.25) is 0 Å². The maximum absolute atomic E-state index is 11.4. The van der Waals surface area contributed by atoms with E-state index in [0.29, 0.717) is 5.92 Å². The van der Waals surface area contributed by atoms with Gasteiger partial charge in [-0.05, 0) is 18.8 Å². The van der Waals surface area contributed by atoms with Gasteiger partial charge in [-0.3, -0.25) is 9.59 Å². The third kappa shape index (κ3) is 3.87. The lowest BCUT2D eigenvalue weighted by atomic mass is 10.1. The van der Waals surface area contributed by atoms with Crippen molar-refractivity contribution in [3.05, 3.63) is 0 Å². The molecule has 1 fully saturated rings. The van der Waals surface area contributed by atoms with Crippen LogP contribution in [0.3, 0.4) is 0 Å². The van der Waals surface area contributed by atoms with Crippen LogP contribution < -0.4 is 11.1 Å². The zero-order chi connectivity index (χ0) is 11.4. The predicted octanol–water partition coefficient (Wildman–Crippen LogP) is 0.0932. The number of amides is 1. The van der Waals surface area contributed by atoms with E-state index in [1.165, 1.54) is 0 Å². The molecule has 86 valence electrons. The first-order valence-corrected chi connectivity index (χ1v) is 5.32. The predicted molar refractivity (Wildman–Crippen MR) is 55.2 cm³/mol. The van der Waals surface area contributed by atoms with Crippen LogP contribution >= 0.6 is 0 Å². The standard InChI is InChI=1S/C10H18N2O3/c1-2-6-5-8(6)12-10(15)7(11)3-4-9(13)14/h6-8H,2-5,11H2,1H3,(H,12,15)(H,13,14). The van der Waals surface area contributed by atoms with Gasteiger partial charge >= 0.3 is 5.97 Å². The van der Waals surface area contributed by atoms with Gasteiger partial charge in [0.15, 0.2) is 0 Å². The van der Waals surface area contributed by atoms with Crippen molar-refractivity contribution in [2.75, 3.05) is 0 Å². The van der Waals surface area contributed by atoms with E-state index in [2.05, 4.69) is 12.2 Å². The van der Waals surface area contributed by atoms with Gasteiger partial charge in [-0.15, -0.1) is 0 Å². The third-order valence-corrected chi connectivity index (χ3v) is 2.78. The van der Waals surface area contributed by atoms with Gasteiger partial charge in [-0.25, -0.2) is 0 Å². The van der Waals surface area contributed by atoms with Gasteiger partial charge in [-0.2, -0.15) is 0 Å². The Bertz CT molecular complexity index is 255. The molecular weight excluding hydrogens is 196 g/mol. The number of aliphatic carboxylic acids is 1. The highest BCUT2D eigenvalue weighted by molar-refractivity contribution is 5.82. The Kier molecular flexibility index (Phi) is 4.08. The number of carboxylic acid groups (broad SMARTS) is 1. The average molecular weight is 214 g/mol. The van der Waals surface area contributed by atoms with Crippen molar-refractivity contribution in [3.63, 3.8) is 0 Å². The number of hydrogen-bond donors (Lipinski definition) is 3. The zero-order valence-corrected chi connectivity index (χ0v) is 8.90. The van der Waals surface area contributed by atoms with Crippen molar-refractivity contribution < 1.29 is 14.7 Å². The summed E-state index contributed by atoms with van der Waals surface area (Å²) >= 11 is 0. The molecule has 1 amide bonds. The minimum Gasteiger partial charge on any atom is -0.481 e. The van der Waals surface area contributed by atoms with E-state index in [-0.39, 0.29) is 24.8 Å². The largest absolute Gasteiger partial charge is 0.481 e. The van der Waals surface area contributed by atoms with Crippen LogP contribution in [0.4, 0.5) is 0 Å². The first-order chi connectivity index (χ1) is 7.04. The summed E-state index contributed by atoms with van der Waals surface area (Å²) in [5, 5.41) is 11.3. The van der Waals surface area contributed by atoms with E-state index in [9.17, 15) is 9.59 Å². The van der Waals surface area contributed by atoms with Crippen LogP contribution in [0.1, 0.15) is 32.6 Å². The number of rotatable bonds is 6. The van der Waals surface area contributed by atoms with Gasteiger partial charge in [0.2, 0.25) is 5.91 Å². The number of nitrogens with two attached hydrogens (primary N) is 1. The number of carbonyl (C=O) groups excluding carboxylic acids is 1. The second-order valence-electron chi connectivity index (χ2n) is 4.06. The molecule has 5 nitrogen and oxygen atoms in total. The summed E-state index contributed by atoms with van der Waals surface area (Å²) in [6.07, 6.45) is 2.23. The Balaban J connectivity index is 2.19. The van der Waals surface area contributed by atoms with Crippen molar-refractivity contribution in [2.24, 2.45) is 11.7 Å². The lowest BCUT2D eigenvalue weighted by Crippen LogP contribution is -2.42. The quantitative estimate of drug-likeness (QED) is 0.584. The monoisotopic (exact) mass is 214 g/mol. The van der Waals surface area contributed by atoms with E-state index in [0.717, 1.165) is 12.8 Å². The number of nitrogens with one attached hydrogen (secondary N) is 1. The van der Waals surface area contributed by atoms with Crippen molar-refractivity contribution in [3.8, 4) is 0 Å². The van der Waals surface area contributed by atoms with E-state index < -0.39 is 12.0 Å². The fourth-order valence-electron chi connectivity index (χ4n) is 1.58. The molecule has 1 aliphatic rings. The minimum absolute atomic E-state index is 0.0591. The normalized spacial score (nSPS) is 25.7. The molecule has 0 aliphatic heterocycles. The van der Waals surface area contributed by atoms with Gasteiger partial charge in [0.1, 0.15) is 0 Å². The molecule has 15 heavy (non-hydrogen) atoms. The Morgan fingerprint density at radius 3 is 2.73 bits per heavy atom. The van der Waals surface area contributed by atoms with Gasteiger partial charge in [-0.1, -0.05) is 13.3 Å². The smallest absolute Gasteiger partial charge is 0.303 e. The Labute approximate surface area is 89.0 Å². The van der Waals surface area contributed by atoms with Crippen LogP contribution in [-0.2, 0) is 9.59 Å². The molecule has 1 rings (SSSR count). The molecule has 5 heteroatoms. The van der Waals surface area contributed by atoms with Crippen LogP contribution in [0, 0.1) is 5.92 Å². The maximum Gasteiger partial charge on any atom is 0.303 e. The first-order valence-electron chi connectivity index (χ1n) is 5.32. The molecule has 0 spiro atoms. The lowest BCUT2D eigenvalue weighted by molar-refractivity contribution is -0.137. The molecule has 1 aliphatic carbocycles. The van der Waals surface area contributed by atoms with Gasteiger partial charge < -0.3 is 16.2 Å². The number of carboxylic acids is 1. The number of hydrogen-bond acceptors (Lipinski definition) is 3. The molecule has 0 radical (unpaired) electrons. The fraction of sp³-hybridized carbons (Fsp3) is 0.800. The molecule has 0 aromatic heterocycles. The summed E-state index contributed by atoms with van der Waals surface area (Å²) in [5.41, 5.74) is 5.55. The average Bonchev–Trinajstić information content (AvgIpc) is 2.92. The van der Waals surface area contributed by atoms with Crippen molar-refractivity contribution in [2.45, 2.75) is 44.7 Å². The molecule has 4 N–H and O–H groups in total. The lowest BCUT2D eigenvalue weighted by Gasteiger charge is -2.10. The molecule has 3 atom stereocenters. The van der Waals surface area contributed by atoms with Crippen LogP contribution in [-0.4, -0.2) is 29.1 Å². The van der Waals surface area contributed by atoms with Gasteiger partial charge in [0.25, 0.3) is 0 Å². The molecule has 0 aromatic carbocycles. The van der Waals surface area contributed by atoms with E-state index in [1.54, 1.807) is 0 Å². The summed E-state index contributed by atoms with van der Waals surface area (Å²) < 4.78 is 0. The topological polar surface area (TPSA) is 92.4 Å². The van der Waals surface area contributed by atoms with E-state index >= 15 is 0 Å². The van der Waals surface area contributed by atoms with Crippen LogP contribution in [0.15, 0.2) is 0 Å². The highest BCUT2D eigenvalue weighted by Gasteiger charge is 2.37. The molecule has 1 saturated carbocycles. The van der Waals surface area contributed by atoms with Crippen molar-refractivity contribution in [1.82, 2.24) is 5.32 Å². The van der Waals surface area contributed by atoms with E-state index in [1.807, 2.05) is 0 Å². The molecule has 0 saturated heterocycles. The molecule has 0 bridgehead atoms. The molecule has 0 aromatic rings.